The summed E-state index contributed by atoms with van der Waals surface area (Å²) in [5.41, 5.74) is 0.720. The molecule has 0 fully saturated rings. The van der Waals surface area contributed by atoms with Crippen LogP contribution in [0.3, 0.4) is 0 Å². The number of nitrogens with one attached hydrogen (secondary N) is 2. The fourth-order valence-corrected chi connectivity index (χ4v) is 1.96. The van der Waals surface area contributed by atoms with Crippen molar-refractivity contribution in [3.8, 4) is 0 Å². The van der Waals surface area contributed by atoms with E-state index >= 15 is 0 Å². The van der Waals surface area contributed by atoms with Crippen molar-refractivity contribution >= 4 is 58.0 Å². The Morgan fingerprint density at radius 2 is 1.33 bits per heavy atom. The van der Waals surface area contributed by atoms with Crippen LogP contribution in [-0.4, -0.2) is 11.8 Å². The summed E-state index contributed by atoms with van der Waals surface area (Å²) in [4.78, 5) is 23.6. The first-order chi connectivity index (χ1) is 9.95. The largest absolute Gasteiger partial charge is 0.318 e. The van der Waals surface area contributed by atoms with Crippen LogP contribution in [0.4, 0.5) is 11.4 Å². The molecule has 2 amide bonds. The Morgan fingerprint density at radius 1 is 0.762 bits per heavy atom. The van der Waals surface area contributed by atoms with Crippen molar-refractivity contribution in [1.29, 1.82) is 0 Å². The molecule has 21 heavy (non-hydrogen) atoms. The van der Waals surface area contributed by atoms with Crippen LogP contribution < -0.4 is 10.6 Å². The normalized spacial score (nSPS) is 10.0. The monoisotopic (exact) mass is 342 g/mol. The molecule has 0 aliphatic rings. The number of amides is 2. The molecule has 0 aromatic heterocycles. The lowest BCUT2D eigenvalue weighted by Gasteiger charge is -2.08. The molecule has 0 bridgehead atoms. The Kier molecular flexibility index (Phi) is 5.07. The molecule has 0 atom stereocenters. The summed E-state index contributed by atoms with van der Waals surface area (Å²) >= 11 is 17.4. The number of carbonyl (C=O) groups excluding carboxylic acids is 2. The number of carbonyl (C=O) groups is 2. The zero-order valence-electron chi connectivity index (χ0n) is 10.5. The van der Waals surface area contributed by atoms with Crippen LogP contribution in [0.25, 0.3) is 0 Å². The highest BCUT2D eigenvalue weighted by Gasteiger charge is 2.15. The van der Waals surface area contributed by atoms with E-state index in [4.69, 9.17) is 34.8 Å². The van der Waals surface area contributed by atoms with E-state index < -0.39 is 11.8 Å². The van der Waals surface area contributed by atoms with E-state index in [1.807, 2.05) is 0 Å². The molecular weight excluding hydrogens is 335 g/mol. The second-order valence-electron chi connectivity index (χ2n) is 4.04. The van der Waals surface area contributed by atoms with E-state index in [0.29, 0.717) is 15.7 Å². The predicted octanol–water partition coefficient (Wildman–Crippen LogP) is 4.22. The first-order valence-corrected chi connectivity index (χ1v) is 6.92. The van der Waals surface area contributed by atoms with Crippen LogP contribution in [0.5, 0.6) is 0 Å². The third-order valence-corrected chi connectivity index (χ3v) is 3.30. The van der Waals surface area contributed by atoms with Gasteiger partial charge in [0.2, 0.25) is 0 Å². The molecule has 0 heterocycles. The molecule has 108 valence electrons. The predicted molar refractivity (Wildman–Crippen MR) is 85.2 cm³/mol. The topological polar surface area (TPSA) is 58.2 Å². The van der Waals surface area contributed by atoms with Crippen LogP contribution in [0.2, 0.25) is 15.1 Å². The van der Waals surface area contributed by atoms with Crippen LogP contribution in [0.15, 0.2) is 42.5 Å². The SMILES string of the molecule is O=C(Nc1ccc(Cl)cc1)C(=O)Nc1cc(Cl)ccc1Cl. The number of hydrogen-bond acceptors (Lipinski definition) is 2. The van der Waals surface area contributed by atoms with Gasteiger partial charge in [-0.1, -0.05) is 34.8 Å². The molecule has 2 rings (SSSR count). The molecule has 4 nitrogen and oxygen atoms in total. The van der Waals surface area contributed by atoms with Gasteiger partial charge in [0.05, 0.1) is 10.7 Å². The highest BCUT2D eigenvalue weighted by molar-refractivity contribution is 6.45. The fourth-order valence-electron chi connectivity index (χ4n) is 1.49. The maximum absolute atomic E-state index is 11.8. The Hall–Kier alpha value is -1.75. The number of benzene rings is 2. The second kappa shape index (κ2) is 6.80. The van der Waals surface area contributed by atoms with Gasteiger partial charge < -0.3 is 10.6 Å². The number of hydrogen-bond donors (Lipinski definition) is 2. The Bertz CT molecular complexity index is 687. The molecule has 0 unspecified atom stereocenters. The average Bonchev–Trinajstić information content (AvgIpc) is 2.45. The van der Waals surface area contributed by atoms with E-state index in [2.05, 4.69) is 10.6 Å². The van der Waals surface area contributed by atoms with Crippen LogP contribution >= 0.6 is 34.8 Å². The summed E-state index contributed by atoms with van der Waals surface area (Å²) in [7, 11) is 0. The molecule has 2 aromatic carbocycles. The van der Waals surface area contributed by atoms with Crippen molar-refractivity contribution in [2.75, 3.05) is 10.6 Å². The van der Waals surface area contributed by atoms with Gasteiger partial charge in [0, 0.05) is 15.7 Å². The van der Waals surface area contributed by atoms with E-state index in [0.717, 1.165) is 0 Å². The van der Waals surface area contributed by atoms with Crippen molar-refractivity contribution in [1.82, 2.24) is 0 Å². The third-order valence-electron chi connectivity index (χ3n) is 2.48. The third kappa shape index (κ3) is 4.36. The Labute approximate surface area is 136 Å². The zero-order valence-corrected chi connectivity index (χ0v) is 12.8. The zero-order chi connectivity index (χ0) is 15.4. The fraction of sp³-hybridized carbons (Fsp3) is 0. The molecule has 0 aliphatic carbocycles. The van der Waals surface area contributed by atoms with Gasteiger partial charge in [0.15, 0.2) is 0 Å². The van der Waals surface area contributed by atoms with Gasteiger partial charge in [-0.05, 0) is 42.5 Å². The Balaban J connectivity index is 2.04. The highest BCUT2D eigenvalue weighted by Crippen LogP contribution is 2.25. The number of halogens is 3. The van der Waals surface area contributed by atoms with Crippen molar-refractivity contribution in [2.24, 2.45) is 0 Å². The molecule has 0 saturated carbocycles. The molecule has 0 saturated heterocycles. The molecule has 0 aliphatic heterocycles. The van der Waals surface area contributed by atoms with Crippen molar-refractivity contribution in [3.63, 3.8) is 0 Å². The lowest BCUT2D eigenvalue weighted by molar-refractivity contribution is -0.132. The van der Waals surface area contributed by atoms with E-state index in [9.17, 15) is 9.59 Å². The summed E-state index contributed by atoms with van der Waals surface area (Å²) < 4.78 is 0. The van der Waals surface area contributed by atoms with Crippen LogP contribution in [0.1, 0.15) is 0 Å². The van der Waals surface area contributed by atoms with Gasteiger partial charge >= 0.3 is 11.8 Å². The minimum absolute atomic E-state index is 0.264. The van der Waals surface area contributed by atoms with Gasteiger partial charge in [0.25, 0.3) is 0 Å². The van der Waals surface area contributed by atoms with Gasteiger partial charge in [-0.25, -0.2) is 0 Å². The Morgan fingerprint density at radius 3 is 2.00 bits per heavy atom. The van der Waals surface area contributed by atoms with Gasteiger partial charge in [-0.15, -0.1) is 0 Å². The van der Waals surface area contributed by atoms with Crippen molar-refractivity contribution < 1.29 is 9.59 Å². The first kappa shape index (κ1) is 15.6. The van der Waals surface area contributed by atoms with Gasteiger partial charge in [-0.2, -0.15) is 0 Å². The van der Waals surface area contributed by atoms with Gasteiger partial charge in [0.1, 0.15) is 0 Å². The highest BCUT2D eigenvalue weighted by atomic mass is 35.5. The minimum atomic E-state index is -0.853. The molecular formula is C14H9Cl3N2O2. The lowest BCUT2D eigenvalue weighted by Crippen LogP contribution is -2.29. The summed E-state index contributed by atoms with van der Waals surface area (Å²) in [6.07, 6.45) is 0. The first-order valence-electron chi connectivity index (χ1n) is 5.78. The van der Waals surface area contributed by atoms with Gasteiger partial charge in [-0.3, -0.25) is 9.59 Å². The second-order valence-corrected chi connectivity index (χ2v) is 5.32. The molecule has 2 N–H and O–H groups in total. The summed E-state index contributed by atoms with van der Waals surface area (Å²) in [6, 6.07) is 10.9. The lowest BCUT2D eigenvalue weighted by atomic mass is 10.3. The molecule has 2 aromatic rings. The van der Waals surface area contributed by atoms with Crippen LogP contribution in [0, 0.1) is 0 Å². The minimum Gasteiger partial charge on any atom is -0.318 e. The number of anilines is 2. The maximum Gasteiger partial charge on any atom is 0.314 e. The number of rotatable bonds is 2. The quantitative estimate of drug-likeness (QED) is 0.802. The van der Waals surface area contributed by atoms with E-state index in [1.54, 1.807) is 30.3 Å². The maximum atomic E-state index is 11.8. The summed E-state index contributed by atoms with van der Waals surface area (Å²) in [5.74, 6) is -1.68. The molecule has 7 heteroatoms. The standard InChI is InChI=1S/C14H9Cl3N2O2/c15-8-1-4-10(5-2-8)18-13(20)14(21)19-12-7-9(16)3-6-11(12)17/h1-7H,(H,18,20)(H,19,21). The molecule has 0 spiro atoms. The van der Waals surface area contributed by atoms with Crippen LogP contribution in [-0.2, 0) is 9.59 Å². The average molecular weight is 344 g/mol. The van der Waals surface area contributed by atoms with E-state index in [-0.39, 0.29) is 10.7 Å². The van der Waals surface area contributed by atoms with E-state index in [1.165, 1.54) is 12.1 Å². The smallest absolute Gasteiger partial charge is 0.314 e. The van der Waals surface area contributed by atoms with Crippen molar-refractivity contribution in [3.05, 3.63) is 57.5 Å². The summed E-state index contributed by atoms with van der Waals surface area (Å²) in [5, 5.41) is 6.04. The molecule has 0 radical (unpaired) electrons. The summed E-state index contributed by atoms with van der Waals surface area (Å²) in [6.45, 7) is 0. The van der Waals surface area contributed by atoms with Crippen molar-refractivity contribution in [2.45, 2.75) is 0 Å².